The third-order valence-corrected chi connectivity index (χ3v) is 6.55. The van der Waals surface area contributed by atoms with Crippen LogP contribution >= 0.6 is 0 Å². The Bertz CT molecular complexity index is 830. The lowest BCUT2D eigenvalue weighted by molar-refractivity contribution is -0.0646. The van der Waals surface area contributed by atoms with Crippen molar-refractivity contribution in [2.45, 2.75) is 56.9 Å². The maximum Gasteiger partial charge on any atom is 0.130 e. The fourth-order valence-electron chi connectivity index (χ4n) is 5.23. The molecule has 3 aliphatic carbocycles. The van der Waals surface area contributed by atoms with E-state index in [2.05, 4.69) is 5.92 Å². The van der Waals surface area contributed by atoms with Gasteiger partial charge in [0, 0.05) is 8.16 Å². The van der Waals surface area contributed by atoms with Crippen molar-refractivity contribution in [3.8, 4) is 18.1 Å². The average Bonchev–Trinajstić information content (AvgIpc) is 2.76. The van der Waals surface area contributed by atoms with Gasteiger partial charge >= 0.3 is 0 Å². The third-order valence-electron chi connectivity index (χ3n) is 6.55. The van der Waals surface area contributed by atoms with E-state index in [-0.39, 0.29) is 42.0 Å². The Balaban J connectivity index is 1.80. The van der Waals surface area contributed by atoms with Gasteiger partial charge < -0.3 is 10.2 Å². The summed E-state index contributed by atoms with van der Waals surface area (Å²) in [7, 11) is 0. The summed E-state index contributed by atoms with van der Waals surface area (Å²) in [5, 5.41) is 21.0. The van der Waals surface area contributed by atoms with Crippen molar-refractivity contribution >= 4 is 0 Å². The van der Waals surface area contributed by atoms with Crippen LogP contribution in [-0.4, -0.2) is 15.8 Å². The predicted molar refractivity (Wildman–Crippen MR) is 86.5 cm³/mol. The number of hydrogen-bond acceptors (Lipinski definition) is 2. The van der Waals surface area contributed by atoms with Gasteiger partial charge in [-0.3, -0.25) is 0 Å². The molecule has 22 heavy (non-hydrogen) atoms. The number of aliphatic hydroxyl groups is 1. The minimum absolute atomic E-state index is 0.0235. The molecule has 0 heterocycles. The Morgan fingerprint density at radius 1 is 1.45 bits per heavy atom. The second-order valence-corrected chi connectivity index (χ2v) is 7.30. The fourth-order valence-corrected chi connectivity index (χ4v) is 5.23. The largest absolute Gasteiger partial charge is 0.508 e. The van der Waals surface area contributed by atoms with Gasteiger partial charge in [0.15, 0.2) is 0 Å². The lowest BCUT2D eigenvalue weighted by atomic mass is 9.53. The van der Waals surface area contributed by atoms with E-state index in [1.807, 2.05) is 6.92 Å². The molecule has 0 radical (unpaired) electrons. The predicted octanol–water partition coefficient (Wildman–Crippen LogP) is 3.61. The molecule has 2 N–H and O–H groups in total. The lowest BCUT2D eigenvalue weighted by Gasteiger charge is -2.52. The van der Waals surface area contributed by atoms with E-state index < -0.39 is 17.4 Å². The van der Waals surface area contributed by atoms with E-state index in [0.29, 0.717) is 12.8 Å². The first-order valence-corrected chi connectivity index (χ1v) is 8.09. The van der Waals surface area contributed by atoms with Gasteiger partial charge in [0.05, 0.1) is 2.74 Å². The quantitative estimate of drug-likeness (QED) is 0.719. The summed E-state index contributed by atoms with van der Waals surface area (Å²) in [5.41, 5.74) is -0.676. The molecule has 1 aromatic carbocycles. The summed E-state index contributed by atoms with van der Waals surface area (Å²) in [6.45, 7) is 1.93. The normalized spacial score (nSPS) is 47.8. The molecule has 0 amide bonds. The number of phenolic OH excluding ortho intramolecular Hbond substituents is 1. The van der Waals surface area contributed by atoms with Crippen molar-refractivity contribution < 1.29 is 15.7 Å². The van der Waals surface area contributed by atoms with E-state index in [0.717, 1.165) is 24.0 Å². The van der Waals surface area contributed by atoms with Crippen LogP contribution in [0, 0.1) is 29.6 Å². The molecule has 4 rings (SSSR count). The zero-order chi connectivity index (χ0) is 19.1. The van der Waals surface area contributed by atoms with Gasteiger partial charge in [0.1, 0.15) is 11.4 Å². The average molecular weight is 300 g/mol. The highest BCUT2D eigenvalue weighted by Crippen LogP contribution is 2.64. The molecule has 2 fully saturated rings. The van der Waals surface area contributed by atoms with Crippen molar-refractivity contribution in [1.29, 1.82) is 0 Å². The number of fused-ring (bicyclic) bond motifs is 5. The number of aromatic hydroxyl groups is 1. The molecular weight excluding hydrogens is 272 g/mol. The van der Waals surface area contributed by atoms with Gasteiger partial charge in [-0.15, -0.1) is 6.42 Å². The number of rotatable bonds is 0. The first-order valence-electron chi connectivity index (χ1n) is 10.1. The standard InChI is InChI=1S/C20H24O2/c1-3-20(22)11-9-18-17-6-4-13-12-14(21)5-7-15(13)16(17)8-10-19(18,20)2/h1,5,7,12,16-18,21-22H,4,6,8-11H2,2H3/t16-,17-,18+,19+,20+/m1/s1/i5D,11D2,12D. The smallest absolute Gasteiger partial charge is 0.130 e. The number of benzene rings is 1. The number of hydrogen-bond donors (Lipinski definition) is 2. The molecule has 3 aliphatic rings. The van der Waals surface area contributed by atoms with Crippen molar-refractivity contribution in [3.05, 3.63) is 29.3 Å². The molecule has 1 aromatic rings. The molecule has 0 spiro atoms. The minimum Gasteiger partial charge on any atom is -0.508 e. The van der Waals surface area contributed by atoms with Gasteiger partial charge in [0.25, 0.3) is 0 Å². The van der Waals surface area contributed by atoms with Crippen molar-refractivity contribution in [2.24, 2.45) is 17.3 Å². The Labute approximate surface area is 138 Å². The van der Waals surface area contributed by atoms with Crippen molar-refractivity contribution in [2.75, 3.05) is 0 Å². The maximum absolute atomic E-state index is 11.1. The molecule has 0 aliphatic heterocycles. The molecule has 2 nitrogen and oxygen atoms in total. The van der Waals surface area contributed by atoms with Crippen LogP contribution in [0.25, 0.3) is 0 Å². The van der Waals surface area contributed by atoms with Crippen molar-refractivity contribution in [1.82, 2.24) is 0 Å². The first kappa shape index (κ1) is 10.3. The molecule has 0 unspecified atom stereocenters. The van der Waals surface area contributed by atoms with E-state index in [4.69, 9.17) is 11.9 Å². The molecule has 2 saturated carbocycles. The SMILES string of the molecule is [2H]c1cc2c(c([2H])c1O)CC[C@@H]1[C@@H]2CC[C@@]2(C)[C@H]1CC([2H])([2H])[C@@]2(O)C#C. The molecule has 116 valence electrons. The highest BCUT2D eigenvalue weighted by molar-refractivity contribution is 5.40. The van der Waals surface area contributed by atoms with Crippen molar-refractivity contribution in [3.63, 3.8) is 0 Å². The van der Waals surface area contributed by atoms with Crippen LogP contribution in [0.3, 0.4) is 0 Å². The Hall–Kier alpha value is -1.46. The van der Waals surface area contributed by atoms with Gasteiger partial charge in [-0.25, -0.2) is 0 Å². The Morgan fingerprint density at radius 3 is 3.05 bits per heavy atom. The lowest BCUT2D eigenvalue weighted by Crippen LogP contribution is -2.50. The fraction of sp³-hybridized carbons (Fsp3) is 0.600. The van der Waals surface area contributed by atoms with Crippen LogP contribution in [0.5, 0.6) is 5.75 Å². The van der Waals surface area contributed by atoms with E-state index in [9.17, 15) is 10.2 Å². The van der Waals surface area contributed by atoms with Gasteiger partial charge in [-0.1, -0.05) is 18.9 Å². The maximum atomic E-state index is 11.1. The second kappa shape index (κ2) is 4.52. The third kappa shape index (κ3) is 1.66. The molecule has 0 saturated heterocycles. The van der Waals surface area contributed by atoms with E-state index in [1.165, 1.54) is 0 Å². The van der Waals surface area contributed by atoms with Crippen LogP contribution in [-0.2, 0) is 6.42 Å². The summed E-state index contributed by atoms with van der Waals surface area (Å²) in [4.78, 5) is 0. The monoisotopic (exact) mass is 300 g/mol. The summed E-state index contributed by atoms with van der Waals surface area (Å²) < 4.78 is 32.9. The molecule has 0 aromatic heterocycles. The van der Waals surface area contributed by atoms with Crippen LogP contribution in [0.15, 0.2) is 18.2 Å². The number of phenols is 1. The van der Waals surface area contributed by atoms with Crippen LogP contribution in [0.1, 0.15) is 61.5 Å². The van der Waals surface area contributed by atoms with Crippen LogP contribution < -0.4 is 0 Å². The van der Waals surface area contributed by atoms with Gasteiger partial charge in [0.2, 0.25) is 0 Å². The van der Waals surface area contributed by atoms with Gasteiger partial charge in [-0.2, -0.15) is 0 Å². The van der Waals surface area contributed by atoms with Crippen LogP contribution in [0.4, 0.5) is 0 Å². The second-order valence-electron chi connectivity index (χ2n) is 7.30. The molecule has 0 bridgehead atoms. The molecule has 5 atom stereocenters. The highest BCUT2D eigenvalue weighted by atomic mass is 16.3. The van der Waals surface area contributed by atoms with E-state index >= 15 is 0 Å². The summed E-state index contributed by atoms with van der Waals surface area (Å²) in [5.74, 6) is 2.39. The van der Waals surface area contributed by atoms with Gasteiger partial charge in [-0.05, 0) is 79.4 Å². The molecular formula is C20H24O2. The Kier molecular flexibility index (Phi) is 2.13. The summed E-state index contributed by atoms with van der Waals surface area (Å²) in [6.07, 6.45) is 6.81. The summed E-state index contributed by atoms with van der Waals surface area (Å²) >= 11 is 0. The van der Waals surface area contributed by atoms with Crippen LogP contribution in [0.2, 0.25) is 0 Å². The Morgan fingerprint density at radius 2 is 2.27 bits per heavy atom. The highest BCUT2D eigenvalue weighted by Gasteiger charge is 2.61. The topological polar surface area (TPSA) is 40.5 Å². The zero-order valence-electron chi connectivity index (χ0n) is 16.8. The zero-order valence-corrected chi connectivity index (χ0v) is 12.8. The first-order chi connectivity index (χ1) is 12.1. The van der Waals surface area contributed by atoms with E-state index in [1.54, 1.807) is 6.07 Å². The molecule has 2 heteroatoms. The number of terminal acetylenes is 1. The summed E-state index contributed by atoms with van der Waals surface area (Å²) in [6, 6.07) is 1.71. The minimum atomic E-state index is -1.83.